The number of carbonyl (C=O) groups is 2. The van der Waals surface area contributed by atoms with Gasteiger partial charge in [0, 0.05) is 18.4 Å². The fourth-order valence-electron chi connectivity index (χ4n) is 3.98. The number of amides is 3. The van der Waals surface area contributed by atoms with Crippen molar-refractivity contribution in [3.05, 3.63) is 83.8 Å². The minimum Gasteiger partial charge on any atom is -0.340 e. The van der Waals surface area contributed by atoms with Crippen LogP contribution in [0, 0.1) is 5.82 Å². The highest BCUT2D eigenvalue weighted by Crippen LogP contribution is 2.34. The first-order valence-corrected chi connectivity index (χ1v) is 11.2. The smallest absolute Gasteiger partial charge is 0.332 e. The molecular formula is C27H29FN4O2. The van der Waals surface area contributed by atoms with E-state index >= 15 is 0 Å². The molecule has 0 bridgehead atoms. The number of anilines is 3. The number of benzene rings is 2. The second-order valence-corrected chi connectivity index (χ2v) is 10.0. The van der Waals surface area contributed by atoms with Gasteiger partial charge >= 0.3 is 6.03 Å². The molecule has 1 fully saturated rings. The van der Waals surface area contributed by atoms with Crippen molar-refractivity contribution in [3.8, 4) is 0 Å². The fraction of sp³-hybridized carbons (Fsp3) is 0.296. The molecule has 2 heterocycles. The number of imide groups is 1. The van der Waals surface area contributed by atoms with Crippen LogP contribution in [0.25, 0.3) is 0 Å². The van der Waals surface area contributed by atoms with E-state index in [-0.39, 0.29) is 29.7 Å². The summed E-state index contributed by atoms with van der Waals surface area (Å²) >= 11 is 0. The van der Waals surface area contributed by atoms with Gasteiger partial charge in [-0.2, -0.15) is 0 Å². The van der Waals surface area contributed by atoms with Gasteiger partial charge in [-0.1, -0.05) is 39.0 Å². The van der Waals surface area contributed by atoms with Crippen molar-refractivity contribution in [1.82, 2.24) is 9.88 Å². The van der Waals surface area contributed by atoms with Gasteiger partial charge in [-0.25, -0.2) is 19.1 Å². The van der Waals surface area contributed by atoms with Crippen LogP contribution in [0.4, 0.5) is 26.4 Å². The maximum Gasteiger partial charge on any atom is 0.332 e. The number of carbonyl (C=O) groups excluding carboxylic acids is 2. The van der Waals surface area contributed by atoms with Crippen LogP contribution < -0.4 is 10.2 Å². The molecule has 0 unspecified atom stereocenters. The number of aromatic nitrogens is 1. The highest BCUT2D eigenvalue weighted by atomic mass is 19.1. The van der Waals surface area contributed by atoms with Crippen molar-refractivity contribution in [2.45, 2.75) is 52.1 Å². The molecule has 176 valence electrons. The summed E-state index contributed by atoms with van der Waals surface area (Å²) in [5.41, 5.74) is 2.01. The maximum atomic E-state index is 13.5. The lowest BCUT2D eigenvalue weighted by Crippen LogP contribution is -2.43. The van der Waals surface area contributed by atoms with Crippen LogP contribution in [0.3, 0.4) is 0 Å². The predicted octanol–water partition coefficient (Wildman–Crippen LogP) is 6.01. The molecule has 2 aromatic carbocycles. The van der Waals surface area contributed by atoms with E-state index in [9.17, 15) is 14.0 Å². The lowest BCUT2D eigenvalue weighted by atomic mass is 9.87. The molecule has 0 atom stereocenters. The molecule has 1 aromatic heterocycles. The van der Waals surface area contributed by atoms with E-state index in [0.29, 0.717) is 17.2 Å². The molecule has 3 aromatic rings. The Bertz CT molecular complexity index is 1230. The first kappa shape index (κ1) is 23.4. The first-order chi connectivity index (χ1) is 16.0. The Morgan fingerprint density at radius 3 is 2.35 bits per heavy atom. The Morgan fingerprint density at radius 2 is 1.71 bits per heavy atom. The summed E-state index contributed by atoms with van der Waals surface area (Å²) < 4.78 is 13.5. The molecular weight excluding hydrogens is 431 g/mol. The molecule has 0 aliphatic carbocycles. The van der Waals surface area contributed by atoms with E-state index in [0.717, 1.165) is 11.1 Å². The molecule has 1 aliphatic rings. The Hall–Kier alpha value is -3.74. The number of rotatable bonds is 5. The number of urea groups is 1. The topological polar surface area (TPSA) is 65.5 Å². The minimum absolute atomic E-state index is 0.0263. The van der Waals surface area contributed by atoms with Gasteiger partial charge in [0.05, 0.1) is 5.69 Å². The zero-order chi connectivity index (χ0) is 24.7. The highest BCUT2D eigenvalue weighted by molar-refractivity contribution is 6.22. The molecule has 4 rings (SSSR count). The monoisotopic (exact) mass is 460 g/mol. The quantitative estimate of drug-likeness (QED) is 0.474. The highest BCUT2D eigenvalue weighted by Gasteiger charge is 2.51. The molecule has 3 amide bonds. The first-order valence-electron chi connectivity index (χ1n) is 11.2. The van der Waals surface area contributed by atoms with Crippen molar-refractivity contribution in [1.29, 1.82) is 0 Å². The van der Waals surface area contributed by atoms with Crippen LogP contribution in [0.1, 0.15) is 45.7 Å². The van der Waals surface area contributed by atoms with Crippen molar-refractivity contribution in [2.75, 3.05) is 10.2 Å². The van der Waals surface area contributed by atoms with Gasteiger partial charge in [0.1, 0.15) is 17.2 Å². The van der Waals surface area contributed by atoms with E-state index in [4.69, 9.17) is 0 Å². The van der Waals surface area contributed by atoms with E-state index in [1.807, 2.05) is 24.3 Å². The second-order valence-electron chi connectivity index (χ2n) is 10.0. The van der Waals surface area contributed by atoms with Crippen molar-refractivity contribution >= 4 is 29.1 Å². The zero-order valence-corrected chi connectivity index (χ0v) is 20.1. The summed E-state index contributed by atoms with van der Waals surface area (Å²) in [6, 6.07) is 16.9. The van der Waals surface area contributed by atoms with E-state index in [1.54, 1.807) is 49.2 Å². The Balaban J connectivity index is 1.57. The Kier molecular flexibility index (Phi) is 5.89. The van der Waals surface area contributed by atoms with E-state index < -0.39 is 5.54 Å². The minimum atomic E-state index is -1.01. The Morgan fingerprint density at radius 1 is 1.00 bits per heavy atom. The summed E-state index contributed by atoms with van der Waals surface area (Å²) in [6.45, 7) is 10.1. The standard InChI is InChI=1S/C27H29FN4O2/c1-26(2,3)19-9-11-22(12-10-19)32-24(33)27(4,5)31(25(32)34)17-18-13-14-29-23(15-18)30-21-8-6-7-20(28)16-21/h6-16H,17H2,1-5H3,(H,29,30). The average Bonchev–Trinajstić information content (AvgIpc) is 2.93. The van der Waals surface area contributed by atoms with Crippen LogP contribution in [-0.2, 0) is 16.8 Å². The van der Waals surface area contributed by atoms with Gasteiger partial charge in [0.25, 0.3) is 5.91 Å². The van der Waals surface area contributed by atoms with Gasteiger partial charge in [0.2, 0.25) is 0 Å². The number of nitrogens with one attached hydrogen (secondary N) is 1. The van der Waals surface area contributed by atoms with Crippen LogP contribution in [0.5, 0.6) is 0 Å². The molecule has 7 heteroatoms. The van der Waals surface area contributed by atoms with Crippen molar-refractivity contribution < 1.29 is 14.0 Å². The van der Waals surface area contributed by atoms with Gasteiger partial charge in [-0.3, -0.25) is 4.79 Å². The molecule has 0 saturated carbocycles. The van der Waals surface area contributed by atoms with E-state index in [2.05, 4.69) is 31.1 Å². The summed E-state index contributed by atoms with van der Waals surface area (Å²) in [7, 11) is 0. The molecule has 1 N–H and O–H groups in total. The van der Waals surface area contributed by atoms with Gasteiger partial charge in [-0.15, -0.1) is 0 Å². The third-order valence-corrected chi connectivity index (χ3v) is 6.08. The average molecular weight is 461 g/mol. The molecule has 1 saturated heterocycles. The zero-order valence-electron chi connectivity index (χ0n) is 20.1. The molecule has 0 radical (unpaired) electrons. The van der Waals surface area contributed by atoms with E-state index in [1.165, 1.54) is 17.0 Å². The third-order valence-electron chi connectivity index (χ3n) is 6.08. The summed E-state index contributed by atoms with van der Waals surface area (Å²) in [5, 5.41) is 3.07. The largest absolute Gasteiger partial charge is 0.340 e. The summed E-state index contributed by atoms with van der Waals surface area (Å²) in [4.78, 5) is 33.8. The number of hydrogen-bond acceptors (Lipinski definition) is 4. The fourth-order valence-corrected chi connectivity index (χ4v) is 3.98. The van der Waals surface area contributed by atoms with Crippen molar-refractivity contribution in [3.63, 3.8) is 0 Å². The number of nitrogens with zero attached hydrogens (tertiary/aromatic N) is 3. The molecule has 1 aliphatic heterocycles. The lowest BCUT2D eigenvalue weighted by Gasteiger charge is -2.27. The number of hydrogen-bond donors (Lipinski definition) is 1. The van der Waals surface area contributed by atoms with Crippen LogP contribution in [-0.4, -0.2) is 27.4 Å². The van der Waals surface area contributed by atoms with Crippen LogP contribution in [0.2, 0.25) is 0 Å². The molecule has 0 spiro atoms. The normalized spacial score (nSPS) is 15.7. The van der Waals surface area contributed by atoms with Gasteiger partial charge < -0.3 is 10.2 Å². The summed E-state index contributed by atoms with van der Waals surface area (Å²) in [5.74, 6) is -0.0959. The van der Waals surface area contributed by atoms with Crippen LogP contribution in [0.15, 0.2) is 66.9 Å². The second kappa shape index (κ2) is 8.56. The predicted molar refractivity (Wildman–Crippen MR) is 132 cm³/mol. The third kappa shape index (κ3) is 4.51. The van der Waals surface area contributed by atoms with Gasteiger partial charge in [-0.05, 0) is 72.9 Å². The van der Waals surface area contributed by atoms with Gasteiger partial charge in [0.15, 0.2) is 0 Å². The summed E-state index contributed by atoms with van der Waals surface area (Å²) in [6.07, 6.45) is 1.62. The molecule has 34 heavy (non-hydrogen) atoms. The maximum absolute atomic E-state index is 13.5. The van der Waals surface area contributed by atoms with Crippen LogP contribution >= 0.6 is 0 Å². The Labute approximate surface area is 199 Å². The number of pyridine rings is 1. The molecule has 6 nitrogen and oxygen atoms in total. The number of halogens is 1. The van der Waals surface area contributed by atoms with Crippen molar-refractivity contribution in [2.24, 2.45) is 0 Å². The lowest BCUT2D eigenvalue weighted by molar-refractivity contribution is -0.123. The SMILES string of the molecule is CC(C)(C)c1ccc(N2C(=O)N(Cc3ccnc(Nc4cccc(F)c4)c3)C(C)(C)C2=O)cc1.